The second-order valence-electron chi connectivity index (χ2n) is 5.64. The Hall–Kier alpha value is -0.580. The average molecular weight is 567 g/mol. The molecule has 0 unspecified atom stereocenters. The molecule has 4 rings (SSSR count). The summed E-state index contributed by atoms with van der Waals surface area (Å²) in [7, 11) is 0. The van der Waals surface area contributed by atoms with Crippen LogP contribution in [0.5, 0.6) is 0 Å². The van der Waals surface area contributed by atoms with Gasteiger partial charge >= 0.3 is 0 Å². The molecule has 2 aromatic heterocycles. The third-order valence-electron chi connectivity index (χ3n) is 3.58. The van der Waals surface area contributed by atoms with Gasteiger partial charge in [-0.2, -0.15) is 0 Å². The number of rotatable bonds is 1. The summed E-state index contributed by atoms with van der Waals surface area (Å²) in [6.45, 7) is 7.37. The zero-order valence-electron chi connectivity index (χ0n) is 14.9. The minimum absolute atomic E-state index is 0.812. The van der Waals surface area contributed by atoms with E-state index in [1.165, 1.54) is 0 Å². The molecule has 1 N–H and O–H groups in total. The first kappa shape index (κ1) is 22.7. The van der Waals surface area contributed by atoms with Crippen molar-refractivity contribution in [1.82, 2.24) is 15.3 Å². The molecule has 2 aliphatic heterocycles. The number of halogens is 3. The lowest BCUT2D eigenvalue weighted by Crippen LogP contribution is -2.36. The van der Waals surface area contributed by atoms with Crippen molar-refractivity contribution in [1.29, 1.82) is 0 Å². The van der Waals surface area contributed by atoms with E-state index < -0.39 is 0 Å². The van der Waals surface area contributed by atoms with Crippen LogP contribution in [0.2, 0.25) is 0 Å². The van der Waals surface area contributed by atoms with Gasteiger partial charge in [-0.25, -0.2) is 0 Å². The van der Waals surface area contributed by atoms with Gasteiger partial charge in [-0.05, 0) is 59.9 Å². The fourth-order valence-corrected chi connectivity index (χ4v) is 3.69. The van der Waals surface area contributed by atoms with Gasteiger partial charge in [0.25, 0.3) is 0 Å². The Labute approximate surface area is 185 Å². The number of pyridine rings is 2. The van der Waals surface area contributed by atoms with Crippen molar-refractivity contribution in [3.05, 3.63) is 50.3 Å². The maximum absolute atomic E-state index is 5.28. The van der Waals surface area contributed by atoms with Crippen LogP contribution in [-0.4, -0.2) is 62.6 Å². The van der Waals surface area contributed by atoms with Crippen molar-refractivity contribution >= 4 is 53.5 Å². The molecule has 2 aromatic rings. The lowest BCUT2D eigenvalue weighted by Gasteiger charge is -2.28. The standard InChI is InChI=1S/C9H11BrN2O.C5H3Br2N.C4H9NO/c10-8-5-9(7-11-6-8)12-1-3-13-4-2-12;6-4-1-5(7)3-8-2-4;1-3-6-4-2-5-1/h5-7H,1-4H2;1-3H;5H,1-4H2. The zero-order chi connectivity index (χ0) is 19.3. The molecule has 0 aliphatic carbocycles. The van der Waals surface area contributed by atoms with E-state index in [0.29, 0.717) is 0 Å². The molecule has 0 saturated carbocycles. The van der Waals surface area contributed by atoms with Crippen LogP contribution in [0, 0.1) is 0 Å². The van der Waals surface area contributed by atoms with E-state index in [4.69, 9.17) is 9.47 Å². The fourth-order valence-electron chi connectivity index (χ4n) is 2.30. The first-order valence-corrected chi connectivity index (χ1v) is 11.0. The summed E-state index contributed by atoms with van der Waals surface area (Å²) in [6, 6.07) is 4.02. The molecular weight excluding hydrogens is 544 g/mol. The van der Waals surface area contributed by atoms with Gasteiger partial charge in [0.05, 0.1) is 38.3 Å². The molecule has 9 heteroatoms. The molecule has 2 aliphatic rings. The number of hydrogen-bond donors (Lipinski definition) is 1. The first-order chi connectivity index (χ1) is 13.1. The predicted octanol–water partition coefficient (Wildman–Crippen LogP) is 3.89. The molecule has 2 saturated heterocycles. The minimum atomic E-state index is 0.812. The molecule has 0 radical (unpaired) electrons. The predicted molar refractivity (Wildman–Crippen MR) is 118 cm³/mol. The molecule has 0 amide bonds. The van der Waals surface area contributed by atoms with Crippen LogP contribution >= 0.6 is 47.8 Å². The number of anilines is 1. The number of morpholine rings is 2. The third kappa shape index (κ3) is 9.96. The molecule has 0 atom stereocenters. The number of nitrogens with one attached hydrogen (secondary N) is 1. The minimum Gasteiger partial charge on any atom is -0.379 e. The van der Waals surface area contributed by atoms with Gasteiger partial charge in [-0.1, -0.05) is 0 Å². The smallest absolute Gasteiger partial charge is 0.0642 e. The average Bonchev–Trinajstić information content (AvgIpc) is 2.71. The Balaban J connectivity index is 0.000000159. The molecule has 0 aromatic carbocycles. The zero-order valence-corrected chi connectivity index (χ0v) is 19.7. The highest BCUT2D eigenvalue weighted by atomic mass is 79.9. The second kappa shape index (κ2) is 13.6. The van der Waals surface area contributed by atoms with Crippen LogP contribution < -0.4 is 10.2 Å². The van der Waals surface area contributed by atoms with Gasteiger partial charge in [0.1, 0.15) is 0 Å². The Morgan fingerprint density at radius 3 is 1.67 bits per heavy atom. The lowest BCUT2D eigenvalue weighted by molar-refractivity contribution is 0.109. The molecule has 27 heavy (non-hydrogen) atoms. The number of hydrogen-bond acceptors (Lipinski definition) is 6. The van der Waals surface area contributed by atoms with E-state index in [-0.39, 0.29) is 0 Å². The Kier molecular flexibility index (Phi) is 11.4. The van der Waals surface area contributed by atoms with E-state index in [0.717, 1.165) is 71.7 Å². The van der Waals surface area contributed by atoms with Gasteiger partial charge in [-0.15, -0.1) is 0 Å². The molecule has 148 valence electrons. The largest absolute Gasteiger partial charge is 0.379 e. The fraction of sp³-hybridized carbons (Fsp3) is 0.444. The van der Waals surface area contributed by atoms with Gasteiger partial charge in [0.15, 0.2) is 0 Å². The van der Waals surface area contributed by atoms with Crippen molar-refractivity contribution in [3.8, 4) is 0 Å². The van der Waals surface area contributed by atoms with Gasteiger partial charge in [0.2, 0.25) is 0 Å². The van der Waals surface area contributed by atoms with Crippen LogP contribution in [0.25, 0.3) is 0 Å². The number of nitrogens with zero attached hydrogens (tertiary/aromatic N) is 3. The van der Waals surface area contributed by atoms with E-state index in [9.17, 15) is 0 Å². The summed E-state index contributed by atoms with van der Waals surface area (Å²) in [6.07, 6.45) is 7.16. The molecular formula is C18H23Br3N4O2. The van der Waals surface area contributed by atoms with Crippen molar-refractivity contribution < 1.29 is 9.47 Å². The van der Waals surface area contributed by atoms with Crippen LogP contribution in [0.3, 0.4) is 0 Å². The normalized spacial score (nSPS) is 16.5. The highest BCUT2D eigenvalue weighted by Crippen LogP contribution is 2.18. The highest BCUT2D eigenvalue weighted by molar-refractivity contribution is 9.11. The Morgan fingerprint density at radius 2 is 1.26 bits per heavy atom. The molecule has 2 fully saturated rings. The lowest BCUT2D eigenvalue weighted by atomic mass is 10.3. The van der Waals surface area contributed by atoms with E-state index in [1.54, 1.807) is 18.6 Å². The van der Waals surface area contributed by atoms with Crippen LogP contribution in [0.1, 0.15) is 0 Å². The van der Waals surface area contributed by atoms with Gasteiger partial charge in [-0.3, -0.25) is 9.97 Å². The first-order valence-electron chi connectivity index (χ1n) is 8.63. The molecule has 0 spiro atoms. The maximum Gasteiger partial charge on any atom is 0.0642 e. The summed E-state index contributed by atoms with van der Waals surface area (Å²) in [5, 5.41) is 3.16. The van der Waals surface area contributed by atoms with E-state index in [1.807, 2.05) is 12.3 Å². The SMILES string of the molecule is Brc1cncc(Br)c1.Brc1cncc(N2CCOCC2)c1.C1COCCN1. The Bertz CT molecular complexity index is 640. The molecule has 0 bridgehead atoms. The van der Waals surface area contributed by atoms with Crippen molar-refractivity contribution in [2.75, 3.05) is 57.5 Å². The quantitative estimate of drug-likeness (QED) is 0.565. The summed E-state index contributed by atoms with van der Waals surface area (Å²) >= 11 is 9.95. The van der Waals surface area contributed by atoms with Crippen molar-refractivity contribution in [2.45, 2.75) is 0 Å². The van der Waals surface area contributed by atoms with Crippen molar-refractivity contribution in [2.24, 2.45) is 0 Å². The highest BCUT2D eigenvalue weighted by Gasteiger charge is 2.11. The molecule has 6 nitrogen and oxygen atoms in total. The molecule has 4 heterocycles. The van der Waals surface area contributed by atoms with Gasteiger partial charge < -0.3 is 19.7 Å². The summed E-state index contributed by atoms with van der Waals surface area (Å²) in [5.41, 5.74) is 1.16. The summed E-state index contributed by atoms with van der Waals surface area (Å²) in [4.78, 5) is 10.3. The maximum atomic E-state index is 5.28. The van der Waals surface area contributed by atoms with Gasteiger partial charge in [0, 0.05) is 58.2 Å². The second-order valence-corrected chi connectivity index (χ2v) is 8.39. The summed E-state index contributed by atoms with van der Waals surface area (Å²) in [5.74, 6) is 0. The van der Waals surface area contributed by atoms with E-state index >= 15 is 0 Å². The topological polar surface area (TPSA) is 59.5 Å². The Morgan fingerprint density at radius 1 is 0.741 bits per heavy atom. The van der Waals surface area contributed by atoms with Crippen molar-refractivity contribution in [3.63, 3.8) is 0 Å². The van der Waals surface area contributed by atoms with Crippen LogP contribution in [0.4, 0.5) is 5.69 Å². The van der Waals surface area contributed by atoms with Crippen LogP contribution in [0.15, 0.2) is 50.3 Å². The summed E-state index contributed by atoms with van der Waals surface area (Å²) < 4.78 is 13.3. The number of aromatic nitrogens is 2. The number of ether oxygens (including phenoxy) is 2. The van der Waals surface area contributed by atoms with E-state index in [2.05, 4.69) is 74.0 Å². The monoisotopic (exact) mass is 564 g/mol. The third-order valence-corrected chi connectivity index (χ3v) is 4.89. The van der Waals surface area contributed by atoms with Crippen LogP contribution in [-0.2, 0) is 9.47 Å².